The van der Waals surface area contributed by atoms with Crippen LogP contribution in [0, 0.1) is 0 Å². The van der Waals surface area contributed by atoms with Gasteiger partial charge >= 0.3 is 0 Å². The summed E-state index contributed by atoms with van der Waals surface area (Å²) < 4.78 is 27.8. The highest BCUT2D eigenvalue weighted by Crippen LogP contribution is 2.32. The number of benzene rings is 1. The lowest BCUT2D eigenvalue weighted by molar-refractivity contribution is -0.121. The van der Waals surface area contributed by atoms with Gasteiger partial charge in [0.25, 0.3) is 0 Å². The molecule has 1 N–H and O–H groups in total. The molecule has 0 unspecified atom stereocenters. The minimum Gasteiger partial charge on any atom is -0.352 e. The average Bonchev–Trinajstić information content (AvgIpc) is 3.09. The van der Waals surface area contributed by atoms with E-state index in [2.05, 4.69) is 10.3 Å². The van der Waals surface area contributed by atoms with Crippen LogP contribution >= 0.6 is 11.6 Å². The van der Waals surface area contributed by atoms with Crippen molar-refractivity contribution in [3.05, 3.63) is 35.6 Å². The number of pyridine rings is 1. The van der Waals surface area contributed by atoms with Gasteiger partial charge in [0.2, 0.25) is 15.9 Å². The largest absolute Gasteiger partial charge is 0.352 e. The van der Waals surface area contributed by atoms with Gasteiger partial charge in [-0.3, -0.25) is 9.78 Å². The maximum Gasteiger partial charge on any atom is 0.243 e. The fraction of sp³-hybridized carbons (Fsp3) is 0.444. The molecule has 2 heterocycles. The molecule has 2 aromatic rings. The lowest BCUT2D eigenvalue weighted by Crippen LogP contribution is -2.39. The number of carbonyl (C=O) groups is 1. The Bertz CT molecular complexity index is 944. The maximum absolute atomic E-state index is 13.2. The quantitative estimate of drug-likeness (QED) is 0.784. The Morgan fingerprint density at radius 1 is 1.37 bits per heavy atom. The first-order chi connectivity index (χ1) is 12.8. The third kappa shape index (κ3) is 4.40. The van der Waals surface area contributed by atoms with Crippen molar-refractivity contribution in [3.8, 4) is 0 Å². The fourth-order valence-corrected chi connectivity index (χ4v) is 5.26. The summed E-state index contributed by atoms with van der Waals surface area (Å²) in [6.45, 7) is 1.28. The van der Waals surface area contributed by atoms with Crippen LogP contribution in [0.15, 0.2) is 35.5 Å². The number of sulfonamides is 1. The number of halogens is 1. The summed E-state index contributed by atoms with van der Waals surface area (Å²) in [4.78, 5) is 18.1. The summed E-state index contributed by atoms with van der Waals surface area (Å²) in [5.74, 6) is -0.0628. The van der Waals surface area contributed by atoms with Gasteiger partial charge in [0.05, 0.1) is 9.92 Å². The number of amides is 1. The van der Waals surface area contributed by atoms with Gasteiger partial charge in [-0.25, -0.2) is 8.42 Å². The van der Waals surface area contributed by atoms with E-state index in [1.807, 2.05) is 19.0 Å². The molecule has 1 aromatic carbocycles. The molecule has 27 heavy (non-hydrogen) atoms. The van der Waals surface area contributed by atoms with Crippen molar-refractivity contribution in [3.63, 3.8) is 0 Å². The highest BCUT2D eigenvalue weighted by Gasteiger charge is 2.34. The number of rotatable bonds is 6. The minimum absolute atomic E-state index is 0.0628. The first kappa shape index (κ1) is 20.0. The van der Waals surface area contributed by atoms with Crippen molar-refractivity contribution in [1.82, 2.24) is 19.5 Å². The number of aromatic nitrogens is 1. The molecule has 3 rings (SSSR count). The molecule has 0 bridgehead atoms. The first-order valence-electron chi connectivity index (χ1n) is 8.75. The minimum atomic E-state index is -3.72. The molecule has 1 fully saturated rings. The molecule has 0 radical (unpaired) electrons. The van der Waals surface area contributed by atoms with Gasteiger partial charge in [-0.1, -0.05) is 23.7 Å². The van der Waals surface area contributed by atoms with Gasteiger partial charge in [-0.2, -0.15) is 4.31 Å². The molecule has 1 saturated heterocycles. The van der Waals surface area contributed by atoms with E-state index in [0.29, 0.717) is 41.7 Å². The second-order valence-corrected chi connectivity index (χ2v) is 9.26. The van der Waals surface area contributed by atoms with Gasteiger partial charge in [-0.15, -0.1) is 0 Å². The molecule has 7 nitrogen and oxygen atoms in total. The SMILES string of the molecule is CN(C)CCC(=O)N[C@@H]1CCN(S(=O)(=O)c2cccc3cncc(Cl)c23)C1. The lowest BCUT2D eigenvalue weighted by atomic mass is 10.2. The maximum atomic E-state index is 13.2. The first-order valence-corrected chi connectivity index (χ1v) is 10.6. The molecule has 146 valence electrons. The second-order valence-electron chi connectivity index (χ2n) is 6.95. The number of hydrogen-bond donors (Lipinski definition) is 1. The molecule has 0 spiro atoms. The predicted octanol–water partition coefficient (Wildman–Crippen LogP) is 1.72. The Kier molecular flexibility index (Phi) is 6.00. The van der Waals surface area contributed by atoms with Crippen LogP contribution in [0.5, 0.6) is 0 Å². The highest BCUT2D eigenvalue weighted by molar-refractivity contribution is 7.89. The zero-order chi connectivity index (χ0) is 19.6. The van der Waals surface area contributed by atoms with Gasteiger partial charge in [0.1, 0.15) is 0 Å². The Labute approximate surface area is 164 Å². The van der Waals surface area contributed by atoms with Crippen molar-refractivity contribution in [1.29, 1.82) is 0 Å². The Morgan fingerprint density at radius 3 is 2.89 bits per heavy atom. The van der Waals surface area contributed by atoms with Crippen LogP contribution in [0.1, 0.15) is 12.8 Å². The number of nitrogens with one attached hydrogen (secondary N) is 1. The summed E-state index contributed by atoms with van der Waals surface area (Å²) >= 11 is 6.23. The summed E-state index contributed by atoms with van der Waals surface area (Å²) in [6.07, 6.45) is 4.02. The molecule has 0 aliphatic carbocycles. The molecule has 0 saturated carbocycles. The monoisotopic (exact) mass is 410 g/mol. The summed E-state index contributed by atoms with van der Waals surface area (Å²) in [5.41, 5.74) is 0. The fourth-order valence-electron chi connectivity index (χ4n) is 3.20. The molecular formula is C18H23ClN4O3S. The molecule has 1 aromatic heterocycles. The van der Waals surface area contributed by atoms with Crippen molar-refractivity contribution >= 4 is 38.3 Å². The molecular weight excluding hydrogens is 388 g/mol. The van der Waals surface area contributed by atoms with E-state index < -0.39 is 10.0 Å². The van der Waals surface area contributed by atoms with E-state index in [4.69, 9.17) is 11.6 Å². The highest BCUT2D eigenvalue weighted by atomic mass is 35.5. The Balaban J connectivity index is 1.77. The van der Waals surface area contributed by atoms with Crippen LogP contribution in [0.3, 0.4) is 0 Å². The number of carbonyl (C=O) groups excluding carboxylic acids is 1. The lowest BCUT2D eigenvalue weighted by Gasteiger charge is -2.19. The summed E-state index contributed by atoms with van der Waals surface area (Å²) in [6, 6.07) is 4.85. The average molecular weight is 411 g/mol. The van der Waals surface area contributed by atoms with Crippen LogP contribution in [0.2, 0.25) is 5.02 Å². The molecule has 1 aliphatic heterocycles. The standard InChI is InChI=1S/C18H23ClN4O3S/c1-22(2)8-7-17(24)21-14-6-9-23(12-14)27(25,26)16-5-3-4-13-10-20-11-15(19)18(13)16/h3-5,10-11,14H,6-9,12H2,1-2H3,(H,21,24)/t14-/m1/s1. The van der Waals surface area contributed by atoms with Crippen LogP contribution < -0.4 is 5.32 Å². The van der Waals surface area contributed by atoms with Crippen molar-refractivity contribution in [2.24, 2.45) is 0 Å². The van der Waals surface area contributed by atoms with Crippen molar-refractivity contribution < 1.29 is 13.2 Å². The molecule has 1 atom stereocenters. The summed E-state index contributed by atoms with van der Waals surface area (Å²) in [5, 5.41) is 4.39. The molecule has 1 aliphatic rings. The van der Waals surface area contributed by atoms with Crippen LogP contribution in [0.25, 0.3) is 10.8 Å². The normalized spacial score (nSPS) is 18.3. The van der Waals surface area contributed by atoms with Crippen molar-refractivity contribution in [2.75, 3.05) is 33.7 Å². The van der Waals surface area contributed by atoms with Crippen LogP contribution in [0.4, 0.5) is 0 Å². The Hall–Kier alpha value is -1.74. The predicted molar refractivity (Wildman–Crippen MR) is 105 cm³/mol. The zero-order valence-electron chi connectivity index (χ0n) is 15.4. The van der Waals surface area contributed by atoms with E-state index in [0.717, 1.165) is 0 Å². The molecule has 9 heteroatoms. The van der Waals surface area contributed by atoms with Crippen LogP contribution in [-0.2, 0) is 14.8 Å². The smallest absolute Gasteiger partial charge is 0.243 e. The number of fused-ring (bicyclic) bond motifs is 1. The number of nitrogens with zero attached hydrogens (tertiary/aromatic N) is 3. The second kappa shape index (κ2) is 8.10. The van der Waals surface area contributed by atoms with Gasteiger partial charge < -0.3 is 10.2 Å². The zero-order valence-corrected chi connectivity index (χ0v) is 16.9. The molecule has 1 amide bonds. The van der Waals surface area contributed by atoms with E-state index in [1.165, 1.54) is 10.5 Å². The van der Waals surface area contributed by atoms with Crippen molar-refractivity contribution in [2.45, 2.75) is 23.8 Å². The third-order valence-corrected chi connectivity index (χ3v) is 6.81. The van der Waals surface area contributed by atoms with Gasteiger partial charge in [-0.05, 0) is 26.6 Å². The van der Waals surface area contributed by atoms with Gasteiger partial charge in [0, 0.05) is 55.3 Å². The van der Waals surface area contributed by atoms with E-state index in [9.17, 15) is 13.2 Å². The van der Waals surface area contributed by atoms with E-state index in [-0.39, 0.29) is 23.4 Å². The van der Waals surface area contributed by atoms with Gasteiger partial charge in [0.15, 0.2) is 0 Å². The topological polar surface area (TPSA) is 82.6 Å². The number of hydrogen-bond acceptors (Lipinski definition) is 5. The summed E-state index contributed by atoms with van der Waals surface area (Å²) in [7, 11) is 0.0889. The van der Waals surface area contributed by atoms with Crippen LogP contribution in [-0.4, -0.2) is 68.3 Å². The third-order valence-electron chi connectivity index (χ3n) is 4.62. The van der Waals surface area contributed by atoms with E-state index in [1.54, 1.807) is 24.4 Å². The Morgan fingerprint density at radius 2 is 2.15 bits per heavy atom. The van der Waals surface area contributed by atoms with E-state index >= 15 is 0 Å².